The molecule has 1 aliphatic heterocycles. The van der Waals surface area contributed by atoms with Crippen LogP contribution in [0, 0.1) is 6.92 Å². The van der Waals surface area contributed by atoms with E-state index in [-0.39, 0.29) is 17.8 Å². The second kappa shape index (κ2) is 5.48. The number of hydrogen-bond acceptors (Lipinski definition) is 5. The monoisotopic (exact) mass is 309 g/mol. The maximum Gasteiger partial charge on any atom is 0.330 e. The number of halogens is 1. The van der Waals surface area contributed by atoms with Crippen molar-refractivity contribution in [1.29, 1.82) is 0 Å². The standard InChI is InChI=1S/C13H16FN5O3/c1-7-5-18(13(21)15-12(7)20)11-3-10(8(2)22-11)19-6-9(4-14)16-17-19/h5-6,8,10-11H,3-4H2,1-2H3,(H,15,20,21)/t8-,10+,11-/m1/s1. The summed E-state index contributed by atoms with van der Waals surface area (Å²) in [4.78, 5) is 25.6. The Morgan fingerprint density at radius 2 is 2.23 bits per heavy atom. The van der Waals surface area contributed by atoms with Crippen molar-refractivity contribution >= 4 is 0 Å². The highest BCUT2D eigenvalue weighted by Gasteiger charge is 2.36. The number of aryl methyl sites for hydroxylation is 1. The molecule has 22 heavy (non-hydrogen) atoms. The number of nitrogens with one attached hydrogen (secondary N) is 1. The molecule has 1 N–H and O–H groups in total. The molecule has 0 aliphatic carbocycles. The van der Waals surface area contributed by atoms with Gasteiger partial charge in [-0.05, 0) is 13.8 Å². The van der Waals surface area contributed by atoms with Gasteiger partial charge in [-0.2, -0.15) is 0 Å². The largest absolute Gasteiger partial charge is 0.353 e. The molecule has 3 atom stereocenters. The second-order valence-electron chi connectivity index (χ2n) is 5.40. The Labute approximate surface area is 124 Å². The first-order valence-corrected chi connectivity index (χ1v) is 6.94. The molecular formula is C13H16FN5O3. The van der Waals surface area contributed by atoms with Crippen molar-refractivity contribution in [3.63, 3.8) is 0 Å². The third kappa shape index (κ3) is 2.47. The molecule has 1 aliphatic rings. The minimum Gasteiger partial charge on any atom is -0.353 e. The summed E-state index contributed by atoms with van der Waals surface area (Å²) in [6.45, 7) is 2.80. The molecule has 0 spiro atoms. The van der Waals surface area contributed by atoms with E-state index in [4.69, 9.17) is 4.74 Å². The fourth-order valence-electron chi connectivity index (χ4n) is 2.63. The predicted molar refractivity (Wildman–Crippen MR) is 74.1 cm³/mol. The average Bonchev–Trinajstić information content (AvgIpc) is 3.09. The van der Waals surface area contributed by atoms with Gasteiger partial charge in [0.15, 0.2) is 0 Å². The van der Waals surface area contributed by atoms with Crippen LogP contribution in [0.25, 0.3) is 0 Å². The molecule has 3 rings (SSSR count). The van der Waals surface area contributed by atoms with Crippen LogP contribution in [0.4, 0.5) is 4.39 Å². The number of rotatable bonds is 3. The third-order valence-corrected chi connectivity index (χ3v) is 3.85. The van der Waals surface area contributed by atoms with E-state index < -0.39 is 24.2 Å². The number of alkyl halides is 1. The SMILES string of the molecule is Cc1cn([C@H]2C[C@H](n3cc(CF)nn3)[C@@H](C)O2)c(=O)[nH]c1=O. The molecule has 1 saturated heterocycles. The van der Waals surface area contributed by atoms with E-state index >= 15 is 0 Å². The maximum atomic E-state index is 12.6. The van der Waals surface area contributed by atoms with E-state index in [0.29, 0.717) is 12.0 Å². The molecule has 2 aromatic heterocycles. The zero-order chi connectivity index (χ0) is 15.9. The van der Waals surface area contributed by atoms with Gasteiger partial charge in [-0.3, -0.25) is 14.3 Å². The highest BCUT2D eigenvalue weighted by Crippen LogP contribution is 2.35. The first kappa shape index (κ1) is 14.6. The summed E-state index contributed by atoms with van der Waals surface area (Å²) in [5.74, 6) is 0. The van der Waals surface area contributed by atoms with Crippen LogP contribution in [0.1, 0.15) is 36.9 Å². The maximum absolute atomic E-state index is 12.6. The van der Waals surface area contributed by atoms with Crippen molar-refractivity contribution in [1.82, 2.24) is 24.5 Å². The van der Waals surface area contributed by atoms with Gasteiger partial charge in [0.2, 0.25) is 0 Å². The summed E-state index contributed by atoms with van der Waals surface area (Å²) in [5, 5.41) is 7.62. The normalized spacial score (nSPS) is 24.8. The van der Waals surface area contributed by atoms with Gasteiger partial charge in [0.1, 0.15) is 18.6 Å². The summed E-state index contributed by atoms with van der Waals surface area (Å²) in [6.07, 6.45) is 2.75. The van der Waals surface area contributed by atoms with Gasteiger partial charge in [-0.1, -0.05) is 5.21 Å². The lowest BCUT2D eigenvalue weighted by atomic mass is 10.1. The molecule has 0 radical (unpaired) electrons. The third-order valence-electron chi connectivity index (χ3n) is 3.85. The molecule has 0 amide bonds. The smallest absolute Gasteiger partial charge is 0.330 e. The van der Waals surface area contributed by atoms with E-state index in [1.807, 2.05) is 6.92 Å². The minimum absolute atomic E-state index is 0.156. The number of H-pyrrole nitrogens is 1. The van der Waals surface area contributed by atoms with Crippen LogP contribution >= 0.6 is 0 Å². The molecule has 1 fully saturated rings. The Hall–Kier alpha value is -2.29. The molecule has 0 bridgehead atoms. The highest BCUT2D eigenvalue weighted by atomic mass is 19.1. The van der Waals surface area contributed by atoms with Crippen molar-refractivity contribution < 1.29 is 9.13 Å². The Balaban J connectivity index is 1.88. The molecule has 118 valence electrons. The summed E-state index contributed by atoms with van der Waals surface area (Å²) in [5.41, 5.74) is -0.239. The van der Waals surface area contributed by atoms with Crippen LogP contribution in [0.5, 0.6) is 0 Å². The van der Waals surface area contributed by atoms with Gasteiger partial charge in [-0.15, -0.1) is 5.10 Å². The van der Waals surface area contributed by atoms with Crippen molar-refractivity contribution in [3.8, 4) is 0 Å². The van der Waals surface area contributed by atoms with Gasteiger partial charge in [0.05, 0.1) is 18.3 Å². The molecule has 0 unspecified atom stereocenters. The predicted octanol–water partition coefficient (Wildman–Crippen LogP) is 0.455. The van der Waals surface area contributed by atoms with Gasteiger partial charge in [-0.25, -0.2) is 13.9 Å². The van der Waals surface area contributed by atoms with Crippen LogP contribution in [-0.2, 0) is 11.4 Å². The first-order valence-electron chi connectivity index (χ1n) is 6.94. The average molecular weight is 309 g/mol. The first-order chi connectivity index (χ1) is 10.5. The summed E-state index contributed by atoms with van der Waals surface area (Å²) >= 11 is 0. The lowest BCUT2D eigenvalue weighted by Crippen LogP contribution is -2.33. The minimum atomic E-state index is -0.677. The Bertz CT molecular complexity index is 795. The topological polar surface area (TPSA) is 94.8 Å². The fraction of sp³-hybridized carbons (Fsp3) is 0.538. The van der Waals surface area contributed by atoms with E-state index in [0.717, 1.165) is 0 Å². The van der Waals surface area contributed by atoms with Gasteiger partial charge >= 0.3 is 5.69 Å². The summed E-state index contributed by atoms with van der Waals surface area (Å²) in [6, 6.07) is -0.156. The molecular weight excluding hydrogens is 293 g/mol. The number of aromatic amines is 1. The highest BCUT2D eigenvalue weighted by molar-refractivity contribution is 5.02. The Kier molecular flexibility index (Phi) is 3.65. The number of ether oxygens (including phenoxy) is 1. The lowest BCUT2D eigenvalue weighted by Gasteiger charge is -2.13. The van der Waals surface area contributed by atoms with Crippen LogP contribution in [0.3, 0.4) is 0 Å². The van der Waals surface area contributed by atoms with Crippen molar-refractivity contribution in [2.24, 2.45) is 0 Å². The number of hydrogen-bond donors (Lipinski definition) is 1. The van der Waals surface area contributed by atoms with Crippen LogP contribution in [0.2, 0.25) is 0 Å². The Morgan fingerprint density at radius 1 is 1.45 bits per heavy atom. The zero-order valence-electron chi connectivity index (χ0n) is 12.2. The van der Waals surface area contributed by atoms with E-state index in [9.17, 15) is 14.0 Å². The van der Waals surface area contributed by atoms with Gasteiger partial charge < -0.3 is 4.74 Å². The zero-order valence-corrected chi connectivity index (χ0v) is 12.2. The quantitative estimate of drug-likeness (QED) is 0.888. The van der Waals surface area contributed by atoms with Crippen molar-refractivity contribution in [3.05, 3.63) is 44.5 Å². The lowest BCUT2D eigenvalue weighted by molar-refractivity contribution is 0.00209. The Morgan fingerprint density at radius 3 is 2.91 bits per heavy atom. The van der Waals surface area contributed by atoms with Crippen LogP contribution in [-0.4, -0.2) is 30.6 Å². The van der Waals surface area contributed by atoms with Crippen molar-refractivity contribution in [2.45, 2.75) is 45.3 Å². The molecule has 9 heteroatoms. The number of nitrogens with zero attached hydrogens (tertiary/aromatic N) is 4. The van der Waals surface area contributed by atoms with Crippen molar-refractivity contribution in [2.75, 3.05) is 0 Å². The molecule has 3 heterocycles. The van der Waals surface area contributed by atoms with Crippen LogP contribution in [0.15, 0.2) is 22.0 Å². The fourth-order valence-corrected chi connectivity index (χ4v) is 2.63. The van der Waals surface area contributed by atoms with Gasteiger partial charge in [0, 0.05) is 18.2 Å². The molecule has 0 saturated carbocycles. The van der Waals surface area contributed by atoms with E-state index in [2.05, 4.69) is 15.3 Å². The molecule has 8 nitrogen and oxygen atoms in total. The van der Waals surface area contributed by atoms with Gasteiger partial charge in [0.25, 0.3) is 5.56 Å². The molecule has 2 aromatic rings. The second-order valence-corrected chi connectivity index (χ2v) is 5.40. The number of aromatic nitrogens is 5. The van der Waals surface area contributed by atoms with E-state index in [1.54, 1.807) is 11.6 Å². The molecule has 0 aromatic carbocycles. The summed E-state index contributed by atoms with van der Waals surface area (Å²) in [7, 11) is 0. The van der Waals surface area contributed by atoms with Crippen LogP contribution < -0.4 is 11.2 Å². The van der Waals surface area contributed by atoms with E-state index in [1.165, 1.54) is 17.0 Å². The summed E-state index contributed by atoms with van der Waals surface area (Å²) < 4.78 is 21.3.